The summed E-state index contributed by atoms with van der Waals surface area (Å²) in [4.78, 5) is 15.0. The number of hydrogen-bond acceptors (Lipinski definition) is 3. The van der Waals surface area contributed by atoms with Crippen molar-refractivity contribution >= 4 is 34.6 Å². The predicted octanol–water partition coefficient (Wildman–Crippen LogP) is 5.25. The fourth-order valence-corrected chi connectivity index (χ4v) is 4.02. The Balaban J connectivity index is 1.92. The van der Waals surface area contributed by atoms with Crippen LogP contribution in [0.3, 0.4) is 0 Å². The summed E-state index contributed by atoms with van der Waals surface area (Å²) in [5.41, 5.74) is 10.2. The molecule has 0 spiro atoms. The smallest absolute Gasteiger partial charge is 0.255 e. The number of piperidine rings is 1. The van der Waals surface area contributed by atoms with E-state index in [1.807, 2.05) is 12.1 Å². The lowest BCUT2D eigenvalue weighted by Crippen LogP contribution is -2.44. The Morgan fingerprint density at radius 3 is 2.54 bits per heavy atom. The van der Waals surface area contributed by atoms with Crippen LogP contribution >= 0.6 is 11.6 Å². The van der Waals surface area contributed by atoms with E-state index in [1.54, 1.807) is 24.3 Å². The molecule has 2 aromatic carbocycles. The average Bonchev–Trinajstić information content (AvgIpc) is 2.58. The lowest BCUT2D eigenvalue weighted by atomic mass is 9.95. The third kappa shape index (κ3) is 3.80. The van der Waals surface area contributed by atoms with Crippen LogP contribution in [0.1, 0.15) is 49.0 Å². The number of halogens is 1. The predicted molar refractivity (Wildman–Crippen MR) is 110 cm³/mol. The minimum absolute atomic E-state index is 0.214. The van der Waals surface area contributed by atoms with Crippen molar-refractivity contribution in [1.29, 1.82) is 0 Å². The summed E-state index contributed by atoms with van der Waals surface area (Å²) in [5, 5.41) is 3.47. The second-order valence-corrected chi connectivity index (χ2v) is 7.66. The van der Waals surface area contributed by atoms with Gasteiger partial charge in [-0.25, -0.2) is 0 Å². The van der Waals surface area contributed by atoms with E-state index in [9.17, 15) is 4.79 Å². The molecule has 1 saturated heterocycles. The largest absolute Gasteiger partial charge is 0.397 e. The molecule has 1 fully saturated rings. The number of nitrogens with two attached hydrogens (primary N) is 1. The molecule has 1 amide bonds. The zero-order valence-corrected chi connectivity index (χ0v) is 16.3. The van der Waals surface area contributed by atoms with Crippen molar-refractivity contribution in [1.82, 2.24) is 0 Å². The molecule has 0 saturated carbocycles. The first-order valence-electron chi connectivity index (χ1n) is 9.12. The third-order valence-corrected chi connectivity index (χ3v) is 5.41. The number of carbonyl (C=O) groups excluding carboxylic acids is 1. The van der Waals surface area contributed by atoms with E-state index in [2.05, 4.69) is 31.0 Å². The van der Waals surface area contributed by atoms with Gasteiger partial charge in [-0.3, -0.25) is 4.79 Å². The minimum Gasteiger partial charge on any atom is -0.397 e. The Morgan fingerprint density at radius 2 is 1.88 bits per heavy atom. The number of nitrogen functional groups attached to an aromatic ring is 1. The summed E-state index contributed by atoms with van der Waals surface area (Å²) < 4.78 is 0. The van der Waals surface area contributed by atoms with Crippen molar-refractivity contribution in [2.24, 2.45) is 0 Å². The molecule has 138 valence electrons. The van der Waals surface area contributed by atoms with Crippen molar-refractivity contribution in [2.75, 3.05) is 16.0 Å². The van der Waals surface area contributed by atoms with Gasteiger partial charge in [-0.2, -0.15) is 0 Å². The Morgan fingerprint density at radius 1 is 1.19 bits per heavy atom. The van der Waals surface area contributed by atoms with Gasteiger partial charge in [0.15, 0.2) is 0 Å². The maximum absolute atomic E-state index is 12.6. The van der Waals surface area contributed by atoms with Crippen LogP contribution in [-0.2, 0) is 0 Å². The van der Waals surface area contributed by atoms with Gasteiger partial charge in [-0.1, -0.05) is 17.7 Å². The molecular formula is C21H26ClN3O. The Kier molecular flexibility index (Phi) is 5.42. The summed E-state index contributed by atoms with van der Waals surface area (Å²) in [6.07, 6.45) is 3.61. The van der Waals surface area contributed by atoms with Crippen LogP contribution in [0.2, 0.25) is 5.02 Å². The van der Waals surface area contributed by atoms with Crippen LogP contribution in [0.15, 0.2) is 36.4 Å². The second kappa shape index (κ2) is 7.58. The molecule has 0 bridgehead atoms. The molecule has 26 heavy (non-hydrogen) atoms. The second-order valence-electron chi connectivity index (χ2n) is 7.23. The van der Waals surface area contributed by atoms with Gasteiger partial charge in [0.1, 0.15) is 0 Å². The van der Waals surface area contributed by atoms with Crippen LogP contribution in [0.25, 0.3) is 0 Å². The number of amides is 1. The molecule has 3 rings (SSSR count). The van der Waals surface area contributed by atoms with Crippen LogP contribution in [0.5, 0.6) is 0 Å². The maximum Gasteiger partial charge on any atom is 0.255 e. The summed E-state index contributed by atoms with van der Waals surface area (Å²) >= 11 is 5.99. The zero-order valence-electron chi connectivity index (χ0n) is 15.6. The van der Waals surface area contributed by atoms with Crippen LogP contribution in [0, 0.1) is 6.92 Å². The van der Waals surface area contributed by atoms with Crippen LogP contribution in [0.4, 0.5) is 17.1 Å². The number of carbonyl (C=O) groups is 1. The van der Waals surface area contributed by atoms with Gasteiger partial charge in [-0.15, -0.1) is 0 Å². The van der Waals surface area contributed by atoms with E-state index in [0.717, 1.165) is 11.3 Å². The van der Waals surface area contributed by atoms with Crippen molar-refractivity contribution < 1.29 is 4.79 Å². The maximum atomic E-state index is 12.6. The lowest BCUT2D eigenvalue weighted by molar-refractivity contribution is 0.102. The number of rotatable bonds is 3. The molecule has 4 nitrogen and oxygen atoms in total. The highest BCUT2D eigenvalue weighted by molar-refractivity contribution is 6.31. The summed E-state index contributed by atoms with van der Waals surface area (Å²) in [7, 11) is 0. The minimum atomic E-state index is -0.214. The topological polar surface area (TPSA) is 58.4 Å². The lowest BCUT2D eigenvalue weighted by Gasteiger charge is -2.42. The number of nitrogens with zero attached hydrogens (tertiary/aromatic N) is 1. The van der Waals surface area contributed by atoms with Gasteiger partial charge in [-0.05, 0) is 75.9 Å². The highest BCUT2D eigenvalue weighted by Gasteiger charge is 2.26. The van der Waals surface area contributed by atoms with E-state index in [-0.39, 0.29) is 5.91 Å². The number of anilines is 3. The molecule has 1 aliphatic rings. The van der Waals surface area contributed by atoms with Gasteiger partial charge in [0.05, 0.1) is 11.4 Å². The highest BCUT2D eigenvalue weighted by atomic mass is 35.5. The number of hydrogen-bond donors (Lipinski definition) is 2. The average molecular weight is 372 g/mol. The summed E-state index contributed by atoms with van der Waals surface area (Å²) in [6.45, 7) is 6.59. The first-order chi connectivity index (χ1) is 12.4. The van der Waals surface area contributed by atoms with Gasteiger partial charge in [0, 0.05) is 28.4 Å². The van der Waals surface area contributed by atoms with Crippen molar-refractivity contribution in [3.05, 3.63) is 52.5 Å². The molecule has 2 atom stereocenters. The molecule has 1 heterocycles. The fourth-order valence-electron chi connectivity index (χ4n) is 3.83. The molecule has 0 aromatic heterocycles. The summed E-state index contributed by atoms with van der Waals surface area (Å²) in [6, 6.07) is 11.8. The number of benzene rings is 2. The molecule has 0 radical (unpaired) electrons. The van der Waals surface area contributed by atoms with Gasteiger partial charge < -0.3 is 16.0 Å². The Hall–Kier alpha value is -2.20. The zero-order chi connectivity index (χ0) is 18.8. The molecule has 1 aliphatic heterocycles. The normalized spacial score (nSPS) is 20.1. The van der Waals surface area contributed by atoms with E-state index in [1.165, 1.54) is 19.3 Å². The van der Waals surface area contributed by atoms with Crippen molar-refractivity contribution in [3.63, 3.8) is 0 Å². The van der Waals surface area contributed by atoms with E-state index >= 15 is 0 Å². The standard InChI is InChI=1S/C21H26ClN3O/c1-13-10-18(23)19(24-21(26)16-8-5-9-17(22)11-16)12-20(13)25-14(2)6-4-7-15(25)3/h5,8-12,14-15H,4,6-7,23H2,1-3H3,(H,24,26)/t14-,15+. The van der Waals surface area contributed by atoms with E-state index in [0.29, 0.717) is 34.0 Å². The van der Waals surface area contributed by atoms with Gasteiger partial charge in [0.2, 0.25) is 0 Å². The first-order valence-corrected chi connectivity index (χ1v) is 9.50. The Labute approximate surface area is 160 Å². The van der Waals surface area contributed by atoms with E-state index in [4.69, 9.17) is 17.3 Å². The monoisotopic (exact) mass is 371 g/mol. The third-order valence-electron chi connectivity index (χ3n) is 5.17. The van der Waals surface area contributed by atoms with Crippen LogP contribution in [-0.4, -0.2) is 18.0 Å². The first kappa shape index (κ1) is 18.6. The molecule has 3 N–H and O–H groups in total. The number of nitrogens with one attached hydrogen (secondary N) is 1. The van der Waals surface area contributed by atoms with Crippen LogP contribution < -0.4 is 16.0 Å². The number of aryl methyl sites for hydroxylation is 1. The molecule has 2 aromatic rings. The highest BCUT2D eigenvalue weighted by Crippen LogP contribution is 2.36. The quantitative estimate of drug-likeness (QED) is 0.724. The fraction of sp³-hybridized carbons (Fsp3) is 0.381. The van der Waals surface area contributed by atoms with Crippen molar-refractivity contribution in [3.8, 4) is 0 Å². The van der Waals surface area contributed by atoms with Gasteiger partial charge in [0.25, 0.3) is 5.91 Å². The summed E-state index contributed by atoms with van der Waals surface area (Å²) in [5.74, 6) is -0.214. The molecular weight excluding hydrogens is 346 g/mol. The Bertz CT molecular complexity index is 811. The van der Waals surface area contributed by atoms with E-state index < -0.39 is 0 Å². The molecule has 0 aliphatic carbocycles. The van der Waals surface area contributed by atoms with Crippen molar-refractivity contribution in [2.45, 2.75) is 52.1 Å². The van der Waals surface area contributed by atoms with Gasteiger partial charge >= 0.3 is 0 Å². The molecule has 5 heteroatoms. The molecule has 0 unspecified atom stereocenters. The SMILES string of the molecule is Cc1cc(N)c(NC(=O)c2cccc(Cl)c2)cc1N1[C@H](C)CCC[C@@H]1C.